The summed E-state index contributed by atoms with van der Waals surface area (Å²) in [7, 11) is 0. The van der Waals surface area contributed by atoms with Crippen molar-refractivity contribution in [2.45, 2.75) is 25.0 Å². The molecule has 4 aromatic rings. The molecule has 0 saturated heterocycles. The minimum atomic E-state index is -0.0877. The van der Waals surface area contributed by atoms with Crippen LogP contribution in [0.1, 0.15) is 17.1 Å². The Balaban J connectivity index is 1.31. The average molecular weight is 436 g/mol. The van der Waals surface area contributed by atoms with Crippen molar-refractivity contribution in [3.05, 3.63) is 72.1 Å². The van der Waals surface area contributed by atoms with Crippen LogP contribution in [0.3, 0.4) is 0 Å². The van der Waals surface area contributed by atoms with Gasteiger partial charge in [0.2, 0.25) is 5.91 Å². The van der Waals surface area contributed by atoms with Crippen molar-refractivity contribution >= 4 is 23.4 Å². The van der Waals surface area contributed by atoms with Gasteiger partial charge in [0.15, 0.2) is 11.0 Å². The number of nitrogens with zero attached hydrogens (tertiary/aromatic N) is 4. The second-order valence-electron chi connectivity index (χ2n) is 7.22. The Hall–Kier alpha value is -3.46. The number of aryl methyl sites for hydroxylation is 1. The average Bonchev–Trinajstić information content (AvgIpc) is 3.56. The smallest absolute Gasteiger partial charge is 0.248 e. The number of carbonyl (C=O) groups is 1. The first-order chi connectivity index (χ1) is 15.2. The maximum absolute atomic E-state index is 12.6. The van der Waals surface area contributed by atoms with Crippen LogP contribution < -0.4 is 10.4 Å². The first-order valence-corrected chi connectivity index (χ1v) is 11.0. The second kappa shape index (κ2) is 8.35. The number of amides is 1. The van der Waals surface area contributed by atoms with Crippen LogP contribution in [0.2, 0.25) is 0 Å². The molecule has 31 heavy (non-hydrogen) atoms. The zero-order valence-electron chi connectivity index (χ0n) is 16.9. The van der Waals surface area contributed by atoms with Crippen LogP contribution in [0.25, 0.3) is 11.4 Å². The first kappa shape index (κ1) is 19.5. The van der Waals surface area contributed by atoms with E-state index in [2.05, 4.69) is 21.7 Å². The molecule has 3 aromatic heterocycles. The number of fused-ring (bicyclic) bond motifs is 1. The molecule has 0 saturated carbocycles. The summed E-state index contributed by atoms with van der Waals surface area (Å²) in [5.41, 5.74) is 6.16. The van der Waals surface area contributed by atoms with Gasteiger partial charge < -0.3 is 8.83 Å². The van der Waals surface area contributed by atoms with Gasteiger partial charge in [0.05, 0.1) is 36.1 Å². The molecule has 1 amide bonds. The van der Waals surface area contributed by atoms with Gasteiger partial charge in [-0.05, 0) is 43.2 Å². The van der Waals surface area contributed by atoms with Gasteiger partial charge >= 0.3 is 0 Å². The molecule has 158 valence electrons. The second-order valence-corrected chi connectivity index (χ2v) is 8.16. The quantitative estimate of drug-likeness (QED) is 0.443. The first-order valence-electron chi connectivity index (χ1n) is 9.97. The molecule has 1 aromatic carbocycles. The molecular weight excluding hydrogens is 414 g/mol. The summed E-state index contributed by atoms with van der Waals surface area (Å²) < 4.78 is 12.9. The predicted molar refractivity (Wildman–Crippen MR) is 117 cm³/mol. The van der Waals surface area contributed by atoms with Gasteiger partial charge in [-0.1, -0.05) is 30.0 Å². The number of carbonyl (C=O) groups excluding carboxylic acids is 1. The molecule has 1 aliphatic rings. The van der Waals surface area contributed by atoms with Gasteiger partial charge in [0.1, 0.15) is 11.5 Å². The highest BCUT2D eigenvalue weighted by Gasteiger charge is 2.22. The summed E-state index contributed by atoms with van der Waals surface area (Å²) in [6, 6.07) is 13.7. The molecule has 1 aliphatic heterocycles. The van der Waals surface area contributed by atoms with Crippen molar-refractivity contribution in [1.82, 2.24) is 20.2 Å². The van der Waals surface area contributed by atoms with Crippen LogP contribution >= 0.6 is 11.8 Å². The minimum absolute atomic E-state index is 0.0877. The van der Waals surface area contributed by atoms with E-state index < -0.39 is 0 Å². The van der Waals surface area contributed by atoms with Crippen molar-refractivity contribution in [3.8, 4) is 11.4 Å². The van der Waals surface area contributed by atoms with E-state index in [9.17, 15) is 4.79 Å². The lowest BCUT2D eigenvalue weighted by atomic mass is 10.2. The Morgan fingerprint density at radius 2 is 2.03 bits per heavy atom. The van der Waals surface area contributed by atoms with Crippen LogP contribution in [0, 0.1) is 6.92 Å². The maximum atomic E-state index is 12.6. The van der Waals surface area contributed by atoms with Gasteiger partial charge in [-0.3, -0.25) is 19.8 Å². The number of furan rings is 2. The van der Waals surface area contributed by atoms with E-state index in [1.165, 1.54) is 17.3 Å². The summed E-state index contributed by atoms with van der Waals surface area (Å²) in [6.07, 6.45) is 4.19. The van der Waals surface area contributed by atoms with E-state index in [0.717, 1.165) is 35.7 Å². The fourth-order valence-electron chi connectivity index (χ4n) is 3.68. The Morgan fingerprint density at radius 3 is 2.84 bits per heavy atom. The summed E-state index contributed by atoms with van der Waals surface area (Å²) >= 11 is 1.34. The van der Waals surface area contributed by atoms with Gasteiger partial charge in [0.25, 0.3) is 0 Å². The molecule has 0 aliphatic carbocycles. The molecule has 0 radical (unpaired) electrons. The summed E-state index contributed by atoms with van der Waals surface area (Å²) in [4.78, 5) is 12.6. The van der Waals surface area contributed by atoms with Crippen molar-refractivity contribution in [3.63, 3.8) is 0 Å². The maximum Gasteiger partial charge on any atom is 0.248 e. The van der Waals surface area contributed by atoms with E-state index in [-0.39, 0.29) is 11.7 Å². The van der Waals surface area contributed by atoms with Crippen molar-refractivity contribution in [2.24, 2.45) is 0 Å². The van der Waals surface area contributed by atoms with Gasteiger partial charge in [-0.15, -0.1) is 10.2 Å². The molecule has 0 bridgehead atoms. The molecule has 0 unspecified atom stereocenters. The third-order valence-corrected chi connectivity index (χ3v) is 6.16. The molecular formula is C22H21N5O3S. The van der Waals surface area contributed by atoms with E-state index in [0.29, 0.717) is 17.5 Å². The van der Waals surface area contributed by atoms with Crippen molar-refractivity contribution in [2.75, 3.05) is 17.3 Å². The van der Waals surface area contributed by atoms with E-state index >= 15 is 0 Å². The van der Waals surface area contributed by atoms with Crippen LogP contribution in [0.4, 0.5) is 5.69 Å². The Labute approximate surface area is 183 Å². The number of anilines is 1. The van der Waals surface area contributed by atoms with Crippen LogP contribution in [-0.2, 0) is 17.8 Å². The standard InChI is InChI=1S/C22H21N5O3S/c1-15-18(9-12-29-15)21-23-24-22(26(21)13-17-6-4-11-30-17)31-14-20(28)25-27-10-8-16-5-2-3-7-19(16)27/h2-7,9,11-12H,8,10,13-14H2,1H3,(H,25,28). The number of hydrazine groups is 1. The van der Waals surface area contributed by atoms with Gasteiger partial charge in [0, 0.05) is 6.54 Å². The zero-order chi connectivity index (χ0) is 21.2. The SMILES string of the molecule is Cc1occc1-c1nnc(SCC(=O)NN2CCc3ccccc32)n1Cc1ccco1. The lowest BCUT2D eigenvalue weighted by Gasteiger charge is -2.20. The Kier molecular flexibility index (Phi) is 5.25. The normalized spacial score (nSPS) is 12.9. The lowest BCUT2D eigenvalue weighted by Crippen LogP contribution is -2.42. The highest BCUT2D eigenvalue weighted by molar-refractivity contribution is 7.99. The fraction of sp³-hybridized carbons (Fsp3) is 0.227. The third-order valence-electron chi connectivity index (χ3n) is 5.19. The number of thioether (sulfide) groups is 1. The van der Waals surface area contributed by atoms with Crippen LogP contribution in [-0.4, -0.2) is 33.0 Å². The number of rotatable bonds is 7. The molecule has 1 N–H and O–H groups in total. The van der Waals surface area contributed by atoms with Crippen molar-refractivity contribution in [1.29, 1.82) is 0 Å². The molecule has 0 fully saturated rings. The van der Waals surface area contributed by atoms with Crippen molar-refractivity contribution < 1.29 is 13.6 Å². The third kappa shape index (κ3) is 3.96. The predicted octanol–water partition coefficient (Wildman–Crippen LogP) is 3.67. The largest absolute Gasteiger partial charge is 0.469 e. The number of benzene rings is 1. The molecule has 4 heterocycles. The molecule has 8 nitrogen and oxygen atoms in total. The number of aromatic nitrogens is 3. The lowest BCUT2D eigenvalue weighted by molar-refractivity contribution is -0.118. The Bertz CT molecular complexity index is 1200. The van der Waals surface area contributed by atoms with Crippen LogP contribution in [0.5, 0.6) is 0 Å². The number of hydrogen-bond donors (Lipinski definition) is 1. The summed E-state index contributed by atoms with van der Waals surface area (Å²) in [5.74, 6) is 2.35. The number of para-hydroxylation sites is 1. The molecule has 0 atom stereocenters. The fourth-order valence-corrected chi connectivity index (χ4v) is 4.41. The summed E-state index contributed by atoms with van der Waals surface area (Å²) in [6.45, 7) is 3.12. The molecule has 9 heteroatoms. The minimum Gasteiger partial charge on any atom is -0.469 e. The topological polar surface area (TPSA) is 89.3 Å². The highest BCUT2D eigenvalue weighted by atomic mass is 32.2. The van der Waals surface area contributed by atoms with Crippen LogP contribution in [0.15, 0.2) is 69.0 Å². The van der Waals surface area contributed by atoms with E-state index in [1.807, 2.05) is 52.9 Å². The number of hydrogen-bond acceptors (Lipinski definition) is 7. The summed E-state index contributed by atoms with van der Waals surface area (Å²) in [5, 5.41) is 11.2. The van der Waals surface area contributed by atoms with E-state index in [1.54, 1.807) is 12.5 Å². The highest BCUT2D eigenvalue weighted by Crippen LogP contribution is 2.29. The zero-order valence-corrected chi connectivity index (χ0v) is 17.8. The van der Waals surface area contributed by atoms with Gasteiger partial charge in [-0.2, -0.15) is 0 Å². The van der Waals surface area contributed by atoms with Gasteiger partial charge in [-0.25, -0.2) is 0 Å². The Morgan fingerprint density at radius 1 is 1.13 bits per heavy atom. The van der Waals surface area contributed by atoms with E-state index in [4.69, 9.17) is 8.83 Å². The molecule has 5 rings (SSSR count). The monoisotopic (exact) mass is 435 g/mol. The number of nitrogens with one attached hydrogen (secondary N) is 1. The molecule has 0 spiro atoms.